The lowest BCUT2D eigenvalue weighted by Gasteiger charge is -2.22. The Kier molecular flexibility index (Phi) is 5.63. The number of benzene rings is 1. The first-order valence-electron chi connectivity index (χ1n) is 9.15. The molecule has 1 atom stereocenters. The Morgan fingerprint density at radius 2 is 2.00 bits per heavy atom. The molecule has 1 saturated heterocycles. The number of aromatic nitrogens is 3. The summed E-state index contributed by atoms with van der Waals surface area (Å²) in [6.07, 6.45) is 2.62. The van der Waals surface area contributed by atoms with E-state index < -0.39 is 0 Å². The molecule has 5 heteroatoms. The molecule has 24 heavy (non-hydrogen) atoms. The molecule has 1 aliphatic heterocycles. The molecule has 0 spiro atoms. The number of nitrogens with zero attached hydrogens (tertiary/aromatic N) is 4. The van der Waals surface area contributed by atoms with Gasteiger partial charge in [-0.3, -0.25) is 4.90 Å². The molecule has 1 N–H and O–H groups in total. The Bertz CT molecular complexity index is 634. The molecule has 0 saturated carbocycles. The van der Waals surface area contributed by atoms with Crippen molar-refractivity contribution in [2.75, 3.05) is 19.6 Å². The third-order valence-electron chi connectivity index (χ3n) is 4.79. The van der Waals surface area contributed by atoms with Crippen LogP contribution in [0.15, 0.2) is 30.3 Å². The van der Waals surface area contributed by atoms with Crippen LogP contribution in [0.25, 0.3) is 11.3 Å². The highest BCUT2D eigenvalue weighted by Gasteiger charge is 2.22. The Balaban J connectivity index is 1.70. The molecule has 1 aliphatic rings. The lowest BCUT2D eigenvalue weighted by molar-refractivity contribution is 0.259. The summed E-state index contributed by atoms with van der Waals surface area (Å²) >= 11 is 0. The van der Waals surface area contributed by atoms with E-state index >= 15 is 0 Å². The van der Waals surface area contributed by atoms with Crippen LogP contribution in [0.4, 0.5) is 0 Å². The van der Waals surface area contributed by atoms with Gasteiger partial charge in [0.2, 0.25) is 0 Å². The quantitative estimate of drug-likeness (QED) is 0.849. The number of rotatable bonds is 7. The second kappa shape index (κ2) is 7.90. The largest absolute Gasteiger partial charge is 0.309 e. The fourth-order valence-corrected chi connectivity index (χ4v) is 3.42. The van der Waals surface area contributed by atoms with E-state index in [-0.39, 0.29) is 6.04 Å². The van der Waals surface area contributed by atoms with Crippen molar-refractivity contribution in [3.05, 3.63) is 36.0 Å². The van der Waals surface area contributed by atoms with Gasteiger partial charge in [0.25, 0.3) is 0 Å². The molecule has 0 unspecified atom stereocenters. The monoisotopic (exact) mass is 327 g/mol. The van der Waals surface area contributed by atoms with Crippen molar-refractivity contribution >= 4 is 0 Å². The van der Waals surface area contributed by atoms with Crippen molar-refractivity contribution in [1.29, 1.82) is 0 Å². The molecule has 0 aliphatic carbocycles. The van der Waals surface area contributed by atoms with Gasteiger partial charge in [-0.15, -0.1) is 0 Å². The summed E-state index contributed by atoms with van der Waals surface area (Å²) in [6.45, 7) is 10.7. The minimum absolute atomic E-state index is 0.270. The standard InChI is InChI=1S/C19H29N5/c1-4-23-12-8-11-17(23)13-20-14-18-19(16-9-6-5-7-10-16)22-24(21-18)15(2)3/h5-7,9-10,15,17,20H,4,8,11-14H2,1-3H3/t17-/m1/s1. The minimum Gasteiger partial charge on any atom is -0.309 e. The summed E-state index contributed by atoms with van der Waals surface area (Å²) in [4.78, 5) is 4.39. The first-order valence-corrected chi connectivity index (χ1v) is 9.15. The van der Waals surface area contributed by atoms with E-state index in [0.29, 0.717) is 6.04 Å². The molecule has 2 heterocycles. The minimum atomic E-state index is 0.270. The SMILES string of the molecule is CCN1CCC[C@@H]1CNCc1nn(C(C)C)nc1-c1ccccc1. The fourth-order valence-electron chi connectivity index (χ4n) is 3.42. The van der Waals surface area contributed by atoms with Crippen LogP contribution in [0.1, 0.15) is 45.3 Å². The second-order valence-corrected chi connectivity index (χ2v) is 6.83. The van der Waals surface area contributed by atoms with Gasteiger partial charge in [0.05, 0.1) is 6.04 Å². The van der Waals surface area contributed by atoms with E-state index in [1.807, 2.05) is 10.9 Å². The molecule has 3 rings (SSSR count). The number of hydrogen-bond donors (Lipinski definition) is 1. The summed E-state index contributed by atoms with van der Waals surface area (Å²) in [5, 5.41) is 13.0. The fraction of sp³-hybridized carbons (Fsp3) is 0.579. The van der Waals surface area contributed by atoms with Gasteiger partial charge in [-0.05, 0) is 39.8 Å². The third kappa shape index (κ3) is 3.84. The smallest absolute Gasteiger partial charge is 0.117 e. The van der Waals surface area contributed by atoms with Crippen molar-refractivity contribution < 1.29 is 0 Å². The predicted molar refractivity (Wildman–Crippen MR) is 97.8 cm³/mol. The van der Waals surface area contributed by atoms with E-state index in [4.69, 9.17) is 10.2 Å². The molecule has 0 amide bonds. The molecular formula is C19H29N5. The third-order valence-corrected chi connectivity index (χ3v) is 4.79. The predicted octanol–water partition coefficient (Wildman–Crippen LogP) is 3.10. The zero-order valence-corrected chi connectivity index (χ0v) is 15.1. The average molecular weight is 327 g/mol. The van der Waals surface area contributed by atoms with Gasteiger partial charge in [-0.1, -0.05) is 37.3 Å². The maximum atomic E-state index is 4.72. The Morgan fingerprint density at radius 3 is 2.71 bits per heavy atom. The summed E-state index contributed by atoms with van der Waals surface area (Å²) in [6, 6.07) is 11.3. The van der Waals surface area contributed by atoms with E-state index in [2.05, 4.69) is 55.3 Å². The number of likely N-dealkylation sites (tertiary alicyclic amines) is 1. The van der Waals surface area contributed by atoms with E-state index in [9.17, 15) is 0 Å². The lowest BCUT2D eigenvalue weighted by atomic mass is 10.1. The van der Waals surface area contributed by atoms with Gasteiger partial charge < -0.3 is 5.32 Å². The lowest BCUT2D eigenvalue weighted by Crippen LogP contribution is -2.37. The molecular weight excluding hydrogens is 298 g/mol. The van der Waals surface area contributed by atoms with Crippen LogP contribution < -0.4 is 5.32 Å². The first kappa shape index (κ1) is 17.1. The van der Waals surface area contributed by atoms with Crippen LogP contribution in [0.5, 0.6) is 0 Å². The Hall–Kier alpha value is -1.72. The van der Waals surface area contributed by atoms with Gasteiger partial charge >= 0.3 is 0 Å². The summed E-state index contributed by atoms with van der Waals surface area (Å²) in [7, 11) is 0. The van der Waals surface area contributed by atoms with Crippen molar-refractivity contribution in [2.24, 2.45) is 0 Å². The first-order chi connectivity index (χ1) is 11.7. The average Bonchev–Trinajstić information content (AvgIpc) is 3.22. The van der Waals surface area contributed by atoms with Crippen molar-refractivity contribution in [3.63, 3.8) is 0 Å². The summed E-state index contributed by atoms with van der Waals surface area (Å²) in [5.74, 6) is 0. The number of likely N-dealkylation sites (N-methyl/N-ethyl adjacent to an activating group) is 1. The van der Waals surface area contributed by atoms with Crippen molar-refractivity contribution in [3.8, 4) is 11.3 Å². The maximum Gasteiger partial charge on any atom is 0.117 e. The normalized spacial score (nSPS) is 18.6. The molecule has 2 aromatic rings. The molecule has 5 nitrogen and oxygen atoms in total. The van der Waals surface area contributed by atoms with Gasteiger partial charge in [-0.2, -0.15) is 15.0 Å². The zero-order chi connectivity index (χ0) is 16.9. The second-order valence-electron chi connectivity index (χ2n) is 6.83. The molecule has 1 aromatic carbocycles. The Morgan fingerprint density at radius 1 is 1.21 bits per heavy atom. The molecule has 0 bridgehead atoms. The van der Waals surface area contributed by atoms with Crippen LogP contribution in [0.3, 0.4) is 0 Å². The highest BCUT2D eigenvalue weighted by atomic mass is 15.5. The molecule has 130 valence electrons. The van der Waals surface area contributed by atoms with E-state index in [0.717, 1.165) is 36.6 Å². The number of hydrogen-bond acceptors (Lipinski definition) is 4. The number of nitrogens with one attached hydrogen (secondary N) is 1. The zero-order valence-electron chi connectivity index (χ0n) is 15.1. The van der Waals surface area contributed by atoms with Crippen LogP contribution in [0.2, 0.25) is 0 Å². The van der Waals surface area contributed by atoms with Gasteiger partial charge in [0.1, 0.15) is 11.4 Å². The molecule has 1 fully saturated rings. The highest BCUT2D eigenvalue weighted by molar-refractivity contribution is 5.60. The van der Waals surface area contributed by atoms with E-state index in [1.165, 1.54) is 19.4 Å². The van der Waals surface area contributed by atoms with Crippen molar-refractivity contribution in [1.82, 2.24) is 25.2 Å². The highest BCUT2D eigenvalue weighted by Crippen LogP contribution is 2.21. The Labute approximate surface area is 145 Å². The van der Waals surface area contributed by atoms with Gasteiger partial charge in [0.15, 0.2) is 0 Å². The van der Waals surface area contributed by atoms with Crippen molar-refractivity contribution in [2.45, 2.75) is 52.2 Å². The van der Waals surface area contributed by atoms with Crippen LogP contribution in [-0.2, 0) is 6.54 Å². The van der Waals surface area contributed by atoms with Gasteiger partial charge in [0, 0.05) is 24.7 Å². The summed E-state index contributed by atoms with van der Waals surface area (Å²) in [5.41, 5.74) is 3.17. The molecule has 1 aromatic heterocycles. The maximum absolute atomic E-state index is 4.72. The topological polar surface area (TPSA) is 46.0 Å². The van der Waals surface area contributed by atoms with Crippen LogP contribution in [0, 0.1) is 0 Å². The van der Waals surface area contributed by atoms with E-state index in [1.54, 1.807) is 0 Å². The summed E-state index contributed by atoms with van der Waals surface area (Å²) < 4.78 is 0. The molecule has 0 radical (unpaired) electrons. The van der Waals surface area contributed by atoms with Crippen LogP contribution >= 0.6 is 0 Å². The van der Waals surface area contributed by atoms with Crippen LogP contribution in [-0.4, -0.2) is 45.6 Å². The van der Waals surface area contributed by atoms with Gasteiger partial charge in [-0.25, -0.2) is 0 Å².